The molecule has 0 saturated carbocycles. The fraction of sp³-hybridized carbons (Fsp3) is 0.455. The van der Waals surface area contributed by atoms with Crippen LogP contribution in [0.15, 0.2) is 12.1 Å². The fourth-order valence-electron chi connectivity index (χ4n) is 1.43. The highest BCUT2D eigenvalue weighted by Gasteiger charge is 2.35. The number of halogens is 3. The van der Waals surface area contributed by atoms with Gasteiger partial charge >= 0.3 is 6.18 Å². The van der Waals surface area contributed by atoms with E-state index >= 15 is 0 Å². The van der Waals surface area contributed by atoms with E-state index in [9.17, 15) is 13.2 Å². The second kappa shape index (κ2) is 5.27. The van der Waals surface area contributed by atoms with Gasteiger partial charge in [0.2, 0.25) is 0 Å². The van der Waals surface area contributed by atoms with Crippen molar-refractivity contribution in [1.29, 1.82) is 0 Å². The Labute approximate surface area is 100 Å². The molecule has 0 aliphatic rings. The molecule has 0 amide bonds. The fourth-order valence-corrected chi connectivity index (χ4v) is 1.43. The molecule has 0 bridgehead atoms. The molecule has 0 unspecified atom stereocenters. The Morgan fingerprint density at radius 2 is 1.82 bits per heavy atom. The number of rotatable bonds is 4. The predicted molar refractivity (Wildman–Crippen MR) is 57.3 cm³/mol. The van der Waals surface area contributed by atoms with Crippen LogP contribution in [0.3, 0.4) is 0 Å². The van der Waals surface area contributed by atoms with Crippen molar-refractivity contribution in [3.05, 3.63) is 23.3 Å². The molecular weight excluding hydrogens is 235 g/mol. The van der Waals surface area contributed by atoms with Crippen LogP contribution in [0.4, 0.5) is 13.2 Å². The van der Waals surface area contributed by atoms with E-state index in [1.54, 1.807) is 0 Å². The predicted octanol–water partition coefficient (Wildman–Crippen LogP) is 2.22. The standard InChI is InChI=1S/C11H14F3NO2/c1-16-9-6-8(11(12,13)14)10(17-2)5-7(9)3-4-15/h5-6H,3-4,15H2,1-2H3/i4D2. The van der Waals surface area contributed by atoms with Crippen molar-refractivity contribution < 1.29 is 25.4 Å². The molecule has 17 heavy (non-hydrogen) atoms. The SMILES string of the molecule is [2H]C([2H])(N)Cc1cc(OC)c(C(F)(F)F)cc1OC. The molecule has 0 saturated heterocycles. The van der Waals surface area contributed by atoms with Crippen molar-refractivity contribution in [2.24, 2.45) is 5.73 Å². The molecule has 0 radical (unpaired) electrons. The van der Waals surface area contributed by atoms with Gasteiger partial charge in [0.05, 0.1) is 14.2 Å². The highest BCUT2D eigenvalue weighted by Crippen LogP contribution is 2.40. The Bertz CT molecular complexity index is 458. The van der Waals surface area contributed by atoms with E-state index in [4.69, 9.17) is 13.2 Å². The molecule has 1 aromatic carbocycles. The van der Waals surface area contributed by atoms with Crippen LogP contribution in [0.1, 0.15) is 13.9 Å². The summed E-state index contributed by atoms with van der Waals surface area (Å²) in [5.41, 5.74) is 4.45. The van der Waals surface area contributed by atoms with Gasteiger partial charge in [-0.3, -0.25) is 0 Å². The molecule has 0 heterocycles. The van der Waals surface area contributed by atoms with E-state index in [2.05, 4.69) is 4.74 Å². The molecule has 0 fully saturated rings. The molecule has 1 rings (SSSR count). The summed E-state index contributed by atoms with van der Waals surface area (Å²) in [5, 5.41) is 0. The van der Waals surface area contributed by atoms with Gasteiger partial charge in [-0.15, -0.1) is 0 Å². The van der Waals surface area contributed by atoms with Crippen molar-refractivity contribution in [2.45, 2.75) is 12.6 Å². The number of hydrogen-bond donors (Lipinski definition) is 1. The highest BCUT2D eigenvalue weighted by molar-refractivity contribution is 5.48. The van der Waals surface area contributed by atoms with E-state index < -0.39 is 24.0 Å². The van der Waals surface area contributed by atoms with Crippen molar-refractivity contribution in [3.8, 4) is 11.5 Å². The van der Waals surface area contributed by atoms with Crippen molar-refractivity contribution in [1.82, 2.24) is 0 Å². The molecule has 6 heteroatoms. The summed E-state index contributed by atoms with van der Waals surface area (Å²) >= 11 is 0. The van der Waals surface area contributed by atoms with E-state index in [1.165, 1.54) is 7.11 Å². The molecular formula is C11H14F3NO2. The maximum Gasteiger partial charge on any atom is 0.420 e. The van der Waals surface area contributed by atoms with Crippen LogP contribution >= 0.6 is 0 Å². The molecule has 3 nitrogen and oxygen atoms in total. The number of aryl methyl sites for hydroxylation is 1. The van der Waals surface area contributed by atoms with Gasteiger partial charge in [-0.2, -0.15) is 13.2 Å². The Kier molecular flexibility index (Phi) is 3.32. The third-order valence-electron chi connectivity index (χ3n) is 2.20. The zero-order valence-electron chi connectivity index (χ0n) is 11.4. The smallest absolute Gasteiger partial charge is 0.420 e. The van der Waals surface area contributed by atoms with Gasteiger partial charge in [-0.1, -0.05) is 0 Å². The summed E-state index contributed by atoms with van der Waals surface area (Å²) in [6.07, 6.45) is -4.87. The number of hydrogen-bond acceptors (Lipinski definition) is 3. The first-order chi connectivity index (χ1) is 8.58. The van der Waals surface area contributed by atoms with Crippen molar-refractivity contribution >= 4 is 0 Å². The van der Waals surface area contributed by atoms with Crippen LogP contribution < -0.4 is 15.2 Å². The second-order valence-corrected chi connectivity index (χ2v) is 3.24. The average molecular weight is 251 g/mol. The number of methoxy groups -OCH3 is 2. The minimum Gasteiger partial charge on any atom is -0.496 e. The van der Waals surface area contributed by atoms with Crippen LogP contribution in [0.2, 0.25) is 0 Å². The third-order valence-corrected chi connectivity index (χ3v) is 2.20. The Morgan fingerprint density at radius 1 is 1.24 bits per heavy atom. The molecule has 0 aliphatic heterocycles. The van der Waals surface area contributed by atoms with Crippen LogP contribution in [0.25, 0.3) is 0 Å². The van der Waals surface area contributed by atoms with Gasteiger partial charge in [-0.25, -0.2) is 0 Å². The summed E-state index contributed by atoms with van der Waals surface area (Å²) in [6.45, 7) is -2.06. The molecule has 0 atom stereocenters. The quantitative estimate of drug-likeness (QED) is 0.892. The number of benzene rings is 1. The topological polar surface area (TPSA) is 44.5 Å². The molecule has 0 spiro atoms. The summed E-state index contributed by atoms with van der Waals surface area (Å²) in [4.78, 5) is 0. The zero-order valence-corrected chi connectivity index (χ0v) is 9.39. The van der Waals surface area contributed by atoms with E-state index in [0.29, 0.717) is 0 Å². The summed E-state index contributed by atoms with van der Waals surface area (Å²) in [5.74, 6) is -0.477. The first-order valence-electron chi connectivity index (χ1n) is 5.69. The molecule has 96 valence electrons. The maximum atomic E-state index is 12.8. The molecule has 0 aromatic heterocycles. The summed E-state index contributed by atoms with van der Waals surface area (Å²) < 4.78 is 62.4. The van der Waals surface area contributed by atoms with Crippen LogP contribution in [-0.4, -0.2) is 20.7 Å². The normalized spacial score (nSPS) is 14.0. The van der Waals surface area contributed by atoms with Crippen LogP contribution in [-0.2, 0) is 12.6 Å². The Hall–Kier alpha value is -1.43. The average Bonchev–Trinajstić information content (AvgIpc) is 2.24. The summed E-state index contributed by atoms with van der Waals surface area (Å²) in [7, 11) is 2.31. The monoisotopic (exact) mass is 251 g/mol. The van der Waals surface area contributed by atoms with Crippen molar-refractivity contribution in [3.63, 3.8) is 0 Å². The van der Waals surface area contributed by atoms with E-state index in [0.717, 1.165) is 19.2 Å². The first-order valence-corrected chi connectivity index (χ1v) is 4.69. The van der Waals surface area contributed by atoms with Crippen molar-refractivity contribution in [2.75, 3.05) is 20.7 Å². The van der Waals surface area contributed by atoms with Gasteiger partial charge in [0, 0.05) is 2.74 Å². The number of nitrogens with two attached hydrogens (primary N) is 1. The highest BCUT2D eigenvalue weighted by atomic mass is 19.4. The van der Waals surface area contributed by atoms with Gasteiger partial charge in [0.25, 0.3) is 0 Å². The van der Waals surface area contributed by atoms with E-state index in [1.807, 2.05) is 0 Å². The molecule has 1 aromatic rings. The lowest BCUT2D eigenvalue weighted by molar-refractivity contribution is -0.138. The Morgan fingerprint density at radius 3 is 2.24 bits per heavy atom. The lowest BCUT2D eigenvalue weighted by atomic mass is 10.1. The van der Waals surface area contributed by atoms with Gasteiger partial charge < -0.3 is 15.2 Å². The van der Waals surface area contributed by atoms with E-state index in [-0.39, 0.29) is 17.7 Å². The summed E-state index contributed by atoms with van der Waals surface area (Å²) in [6, 6.07) is 1.87. The van der Waals surface area contributed by atoms with Gasteiger partial charge in [-0.05, 0) is 30.6 Å². The van der Waals surface area contributed by atoms with Crippen LogP contribution in [0, 0.1) is 0 Å². The zero-order chi connectivity index (χ0) is 14.8. The van der Waals surface area contributed by atoms with Crippen LogP contribution in [0.5, 0.6) is 11.5 Å². The Balaban J connectivity index is 3.36. The molecule has 2 N–H and O–H groups in total. The lowest BCUT2D eigenvalue weighted by Gasteiger charge is -2.16. The third kappa shape index (κ3) is 3.03. The first kappa shape index (κ1) is 10.7. The number of alkyl halides is 3. The molecule has 0 aliphatic carbocycles. The largest absolute Gasteiger partial charge is 0.496 e. The van der Waals surface area contributed by atoms with Gasteiger partial charge in [0.1, 0.15) is 17.1 Å². The van der Waals surface area contributed by atoms with Gasteiger partial charge in [0.15, 0.2) is 0 Å². The minimum atomic E-state index is -4.58. The maximum absolute atomic E-state index is 12.8. The second-order valence-electron chi connectivity index (χ2n) is 3.24. The lowest BCUT2D eigenvalue weighted by Crippen LogP contribution is -2.10. The minimum absolute atomic E-state index is 0.0811. The number of ether oxygens (including phenoxy) is 2.